The first-order chi connectivity index (χ1) is 11.8. The van der Waals surface area contributed by atoms with Gasteiger partial charge in [0.1, 0.15) is 5.75 Å². The zero-order valence-electron chi connectivity index (χ0n) is 13.9. The molecule has 0 atom stereocenters. The number of ether oxygens (including phenoxy) is 2. The normalized spacial score (nSPS) is 10.5. The summed E-state index contributed by atoms with van der Waals surface area (Å²) in [5.74, 6) is -0.615. The Morgan fingerprint density at radius 1 is 1.08 bits per heavy atom. The molecular weight excluding hydrogens is 365 g/mol. The summed E-state index contributed by atoms with van der Waals surface area (Å²) in [6.07, 6.45) is -0.202. The minimum Gasteiger partial charge on any atom is -0.494 e. The third-order valence-corrected chi connectivity index (χ3v) is 3.68. The molecule has 132 valence electrons. The molecule has 2 aromatic rings. The van der Waals surface area contributed by atoms with Crippen LogP contribution in [0.1, 0.15) is 34.6 Å². The Hall–Kier alpha value is -2.24. The van der Waals surface area contributed by atoms with Gasteiger partial charge in [-0.2, -0.15) is 0 Å². The molecule has 2 aromatic carbocycles. The second-order valence-electron chi connectivity index (χ2n) is 5.45. The summed E-state index contributed by atoms with van der Waals surface area (Å²) >= 11 is 12.0. The number of carbonyl (C=O) groups is 2. The van der Waals surface area contributed by atoms with Gasteiger partial charge in [0.15, 0.2) is 0 Å². The van der Waals surface area contributed by atoms with Crippen LogP contribution in [0, 0.1) is 0 Å². The molecule has 0 fully saturated rings. The minimum atomic E-state index is -0.432. The summed E-state index contributed by atoms with van der Waals surface area (Å²) in [5.41, 5.74) is 1.11. The van der Waals surface area contributed by atoms with Gasteiger partial charge >= 0.3 is 5.97 Å². The summed E-state index contributed by atoms with van der Waals surface area (Å²) in [5, 5.41) is 3.27. The monoisotopic (exact) mass is 381 g/mol. The predicted octanol–water partition coefficient (Wildman–Crippen LogP) is 4.82. The highest BCUT2D eigenvalue weighted by atomic mass is 35.5. The van der Waals surface area contributed by atoms with Crippen molar-refractivity contribution in [3.8, 4) is 5.75 Å². The van der Waals surface area contributed by atoms with E-state index in [1.807, 2.05) is 0 Å². The third-order valence-electron chi connectivity index (χ3n) is 3.18. The predicted molar refractivity (Wildman–Crippen MR) is 98.0 cm³/mol. The van der Waals surface area contributed by atoms with Gasteiger partial charge in [0.25, 0.3) is 5.91 Å². The van der Waals surface area contributed by atoms with Crippen LogP contribution in [0.15, 0.2) is 36.4 Å². The molecule has 1 amide bonds. The lowest BCUT2D eigenvalue weighted by atomic mass is 10.1. The highest BCUT2D eigenvalue weighted by Crippen LogP contribution is 2.32. The van der Waals surface area contributed by atoms with Crippen molar-refractivity contribution in [1.82, 2.24) is 0 Å². The van der Waals surface area contributed by atoms with Crippen LogP contribution in [0.2, 0.25) is 10.0 Å². The van der Waals surface area contributed by atoms with Crippen molar-refractivity contribution >= 4 is 40.8 Å². The number of rotatable bonds is 5. The van der Waals surface area contributed by atoms with Gasteiger partial charge < -0.3 is 14.8 Å². The topological polar surface area (TPSA) is 64.6 Å². The van der Waals surface area contributed by atoms with Gasteiger partial charge in [-0.1, -0.05) is 23.2 Å². The molecule has 0 aromatic heterocycles. The zero-order valence-corrected chi connectivity index (χ0v) is 15.4. The van der Waals surface area contributed by atoms with Crippen LogP contribution in [0.25, 0.3) is 0 Å². The fourth-order valence-electron chi connectivity index (χ4n) is 2.11. The van der Waals surface area contributed by atoms with E-state index in [-0.39, 0.29) is 22.4 Å². The number of carbonyl (C=O) groups excluding carboxylic acids is 2. The van der Waals surface area contributed by atoms with Gasteiger partial charge in [0.05, 0.1) is 29.4 Å². The van der Waals surface area contributed by atoms with Crippen LogP contribution >= 0.6 is 23.2 Å². The van der Waals surface area contributed by atoms with Gasteiger partial charge in [-0.15, -0.1) is 0 Å². The Bertz CT molecular complexity index is 788. The number of esters is 1. The van der Waals surface area contributed by atoms with Gasteiger partial charge in [0.2, 0.25) is 0 Å². The molecule has 0 saturated carbocycles. The molecule has 25 heavy (non-hydrogen) atoms. The van der Waals surface area contributed by atoms with Crippen molar-refractivity contribution in [2.24, 2.45) is 0 Å². The Kier molecular flexibility index (Phi) is 6.28. The molecular formula is C18H17Cl2NO4. The van der Waals surface area contributed by atoms with E-state index in [2.05, 4.69) is 5.32 Å². The summed E-state index contributed by atoms with van der Waals surface area (Å²) < 4.78 is 10.3. The van der Waals surface area contributed by atoms with Crippen LogP contribution < -0.4 is 10.1 Å². The Morgan fingerprint density at radius 3 is 2.28 bits per heavy atom. The molecule has 5 nitrogen and oxygen atoms in total. The summed E-state index contributed by atoms with van der Waals surface area (Å²) in [4.78, 5) is 24.3. The SMILES string of the molecule is COc1c(Cl)cc(Cl)cc1C(=O)Nc1ccc(C(=O)OC(C)C)cc1. The van der Waals surface area contributed by atoms with Crippen molar-refractivity contribution < 1.29 is 19.1 Å². The van der Waals surface area contributed by atoms with E-state index < -0.39 is 11.9 Å². The number of methoxy groups -OCH3 is 1. The average Bonchev–Trinajstić information content (AvgIpc) is 2.54. The fraction of sp³-hybridized carbons (Fsp3) is 0.222. The number of halogens is 2. The van der Waals surface area contributed by atoms with Crippen molar-refractivity contribution in [3.05, 3.63) is 57.6 Å². The molecule has 0 heterocycles. The van der Waals surface area contributed by atoms with E-state index in [1.165, 1.54) is 19.2 Å². The molecule has 0 bridgehead atoms. The summed E-state index contributed by atoms with van der Waals surface area (Å²) in [6, 6.07) is 9.32. The van der Waals surface area contributed by atoms with Crippen molar-refractivity contribution in [2.75, 3.05) is 12.4 Å². The number of hydrogen-bond acceptors (Lipinski definition) is 4. The first kappa shape index (κ1) is 19.1. The zero-order chi connectivity index (χ0) is 18.6. The highest BCUT2D eigenvalue weighted by Gasteiger charge is 2.17. The molecule has 0 aliphatic heterocycles. The standard InChI is InChI=1S/C18H17Cl2NO4/c1-10(2)25-18(23)11-4-6-13(7-5-11)21-17(22)14-8-12(19)9-15(20)16(14)24-3/h4-10H,1-3H3,(H,21,22). The fourth-order valence-corrected chi connectivity index (χ4v) is 2.68. The molecule has 1 N–H and O–H groups in total. The summed E-state index contributed by atoms with van der Waals surface area (Å²) in [6.45, 7) is 3.55. The van der Waals surface area contributed by atoms with Gasteiger partial charge in [-0.05, 0) is 50.2 Å². The Morgan fingerprint density at radius 2 is 1.72 bits per heavy atom. The Labute approximate surface area is 155 Å². The maximum Gasteiger partial charge on any atom is 0.338 e. The van der Waals surface area contributed by atoms with E-state index >= 15 is 0 Å². The number of anilines is 1. The van der Waals surface area contributed by atoms with E-state index in [4.69, 9.17) is 32.7 Å². The maximum absolute atomic E-state index is 12.5. The molecule has 7 heteroatoms. The van der Waals surface area contributed by atoms with E-state index in [0.29, 0.717) is 16.3 Å². The molecule has 0 radical (unpaired) electrons. The largest absolute Gasteiger partial charge is 0.494 e. The van der Waals surface area contributed by atoms with E-state index in [9.17, 15) is 9.59 Å². The van der Waals surface area contributed by atoms with Crippen LogP contribution in [0.5, 0.6) is 5.75 Å². The lowest BCUT2D eigenvalue weighted by Crippen LogP contribution is -2.14. The second-order valence-corrected chi connectivity index (χ2v) is 6.30. The first-order valence-electron chi connectivity index (χ1n) is 7.47. The highest BCUT2D eigenvalue weighted by molar-refractivity contribution is 6.36. The van der Waals surface area contributed by atoms with Crippen LogP contribution in [-0.2, 0) is 4.74 Å². The van der Waals surface area contributed by atoms with Crippen LogP contribution in [-0.4, -0.2) is 25.1 Å². The summed E-state index contributed by atoms with van der Waals surface area (Å²) in [7, 11) is 1.42. The lowest BCUT2D eigenvalue weighted by molar-refractivity contribution is 0.0378. The molecule has 0 saturated heterocycles. The quantitative estimate of drug-likeness (QED) is 0.753. The molecule has 0 aliphatic rings. The van der Waals surface area contributed by atoms with Crippen molar-refractivity contribution in [2.45, 2.75) is 20.0 Å². The van der Waals surface area contributed by atoms with E-state index in [0.717, 1.165) is 0 Å². The molecule has 0 spiro atoms. The second kappa shape index (κ2) is 8.23. The smallest absolute Gasteiger partial charge is 0.338 e. The third kappa shape index (κ3) is 4.87. The molecule has 2 rings (SSSR count). The van der Waals surface area contributed by atoms with Gasteiger partial charge in [0, 0.05) is 10.7 Å². The first-order valence-corrected chi connectivity index (χ1v) is 8.23. The number of benzene rings is 2. The van der Waals surface area contributed by atoms with Crippen LogP contribution in [0.4, 0.5) is 5.69 Å². The van der Waals surface area contributed by atoms with Gasteiger partial charge in [-0.3, -0.25) is 4.79 Å². The van der Waals surface area contributed by atoms with Gasteiger partial charge in [-0.25, -0.2) is 4.79 Å². The van der Waals surface area contributed by atoms with Crippen LogP contribution in [0.3, 0.4) is 0 Å². The van der Waals surface area contributed by atoms with Crippen molar-refractivity contribution in [3.63, 3.8) is 0 Å². The average molecular weight is 382 g/mol. The number of hydrogen-bond donors (Lipinski definition) is 1. The Balaban J connectivity index is 2.18. The van der Waals surface area contributed by atoms with Crippen molar-refractivity contribution in [1.29, 1.82) is 0 Å². The minimum absolute atomic E-state index is 0.202. The lowest BCUT2D eigenvalue weighted by Gasteiger charge is -2.12. The molecule has 0 aliphatic carbocycles. The van der Waals surface area contributed by atoms with E-state index in [1.54, 1.807) is 38.1 Å². The maximum atomic E-state index is 12.5. The number of amides is 1. The molecule has 0 unspecified atom stereocenters. The number of nitrogens with one attached hydrogen (secondary N) is 1.